The molecule has 2 atom stereocenters. The molecule has 1 saturated heterocycles. The molecule has 1 unspecified atom stereocenters. The predicted molar refractivity (Wildman–Crippen MR) is 69.0 cm³/mol. The number of hydrogen-bond donors (Lipinski definition) is 2. The molecule has 1 fully saturated rings. The molecule has 0 saturated carbocycles. The third-order valence-corrected chi connectivity index (χ3v) is 3.10. The average Bonchev–Trinajstić information content (AvgIpc) is 2.35. The van der Waals surface area contributed by atoms with Gasteiger partial charge in [0.25, 0.3) is 0 Å². The lowest BCUT2D eigenvalue weighted by Crippen LogP contribution is -2.42. The van der Waals surface area contributed by atoms with E-state index >= 15 is 0 Å². The van der Waals surface area contributed by atoms with Gasteiger partial charge in [-0.2, -0.15) is 0 Å². The van der Waals surface area contributed by atoms with Crippen LogP contribution in [0.25, 0.3) is 0 Å². The van der Waals surface area contributed by atoms with E-state index in [1.807, 2.05) is 6.92 Å². The van der Waals surface area contributed by atoms with E-state index in [-0.39, 0.29) is 18.1 Å². The Morgan fingerprint density at radius 3 is 3.00 bits per heavy atom. The zero-order valence-corrected chi connectivity index (χ0v) is 11.1. The number of ether oxygens (including phenoxy) is 1. The Kier molecular flexibility index (Phi) is 7.21. The highest BCUT2D eigenvalue weighted by atomic mass is 16.5. The van der Waals surface area contributed by atoms with E-state index in [2.05, 4.69) is 17.6 Å². The lowest BCUT2D eigenvalue weighted by atomic mass is 10.1. The summed E-state index contributed by atoms with van der Waals surface area (Å²) in [5, 5.41) is 6.20. The first-order chi connectivity index (χ1) is 8.24. The summed E-state index contributed by atoms with van der Waals surface area (Å²) in [5.74, 6) is 0.0201. The topological polar surface area (TPSA) is 50.4 Å². The van der Waals surface area contributed by atoms with Gasteiger partial charge < -0.3 is 15.4 Å². The molecule has 17 heavy (non-hydrogen) atoms. The van der Waals surface area contributed by atoms with Gasteiger partial charge in [0.2, 0.25) is 5.91 Å². The van der Waals surface area contributed by atoms with Crippen LogP contribution in [0.5, 0.6) is 0 Å². The van der Waals surface area contributed by atoms with Crippen LogP contribution in [0, 0.1) is 0 Å². The molecule has 0 radical (unpaired) electrons. The summed E-state index contributed by atoms with van der Waals surface area (Å²) >= 11 is 0. The van der Waals surface area contributed by atoms with E-state index in [4.69, 9.17) is 4.74 Å². The smallest absolute Gasteiger partial charge is 0.248 e. The maximum atomic E-state index is 11.7. The van der Waals surface area contributed by atoms with Gasteiger partial charge >= 0.3 is 0 Å². The highest BCUT2D eigenvalue weighted by Crippen LogP contribution is 2.08. The van der Waals surface area contributed by atoms with Crippen molar-refractivity contribution in [3.63, 3.8) is 0 Å². The highest BCUT2D eigenvalue weighted by Gasteiger charge is 2.20. The van der Waals surface area contributed by atoms with Gasteiger partial charge in [0.05, 0.1) is 6.10 Å². The van der Waals surface area contributed by atoms with Gasteiger partial charge in [-0.05, 0) is 32.7 Å². The summed E-state index contributed by atoms with van der Waals surface area (Å²) in [5.41, 5.74) is 0. The molecule has 1 aliphatic rings. The molecule has 4 heteroatoms. The third kappa shape index (κ3) is 6.03. The molecular formula is C13H26N2O2. The molecule has 0 aromatic rings. The number of carbonyl (C=O) groups is 1. The zero-order chi connectivity index (χ0) is 12.5. The van der Waals surface area contributed by atoms with E-state index in [1.165, 1.54) is 12.8 Å². The molecule has 0 aliphatic carbocycles. The Labute approximate surface area is 104 Å². The van der Waals surface area contributed by atoms with Crippen molar-refractivity contribution >= 4 is 5.91 Å². The molecule has 1 rings (SSSR count). The highest BCUT2D eigenvalue weighted by molar-refractivity contribution is 5.80. The van der Waals surface area contributed by atoms with Crippen molar-refractivity contribution in [2.75, 3.05) is 19.6 Å². The monoisotopic (exact) mass is 242 g/mol. The second-order valence-corrected chi connectivity index (χ2v) is 4.74. The van der Waals surface area contributed by atoms with Crippen LogP contribution in [0.4, 0.5) is 0 Å². The lowest BCUT2D eigenvalue weighted by Gasteiger charge is -2.25. The lowest BCUT2D eigenvalue weighted by molar-refractivity contribution is -0.135. The minimum Gasteiger partial charge on any atom is -0.364 e. The largest absolute Gasteiger partial charge is 0.364 e. The normalized spacial score (nSPS) is 22.1. The van der Waals surface area contributed by atoms with Gasteiger partial charge in [-0.15, -0.1) is 0 Å². The Morgan fingerprint density at radius 1 is 1.53 bits per heavy atom. The second kappa shape index (κ2) is 8.48. The van der Waals surface area contributed by atoms with Crippen LogP contribution in [0.15, 0.2) is 0 Å². The Balaban J connectivity index is 2.12. The van der Waals surface area contributed by atoms with Crippen LogP contribution in [0.3, 0.4) is 0 Å². The molecule has 1 heterocycles. The van der Waals surface area contributed by atoms with E-state index in [0.29, 0.717) is 0 Å². The van der Waals surface area contributed by atoms with Crippen LogP contribution in [0.1, 0.15) is 46.0 Å². The SMILES string of the molecule is CCCCCNC(=O)C(C)O[C@H]1CCCNC1. The number of rotatable bonds is 7. The fourth-order valence-corrected chi connectivity index (χ4v) is 2.02. The standard InChI is InChI=1S/C13H26N2O2/c1-3-4-5-9-15-13(16)11(2)17-12-7-6-8-14-10-12/h11-12,14H,3-10H2,1-2H3,(H,15,16)/t11?,12-/m0/s1. The minimum absolute atomic E-state index is 0.0201. The van der Waals surface area contributed by atoms with Gasteiger partial charge in [-0.3, -0.25) is 4.79 Å². The van der Waals surface area contributed by atoms with Crippen molar-refractivity contribution in [2.24, 2.45) is 0 Å². The first-order valence-corrected chi connectivity index (χ1v) is 6.88. The molecule has 1 amide bonds. The number of carbonyl (C=O) groups excluding carboxylic acids is 1. The summed E-state index contributed by atoms with van der Waals surface area (Å²) in [6.45, 7) is 6.70. The average molecular weight is 242 g/mol. The van der Waals surface area contributed by atoms with Crippen molar-refractivity contribution in [1.82, 2.24) is 10.6 Å². The molecule has 1 aliphatic heterocycles. The third-order valence-electron chi connectivity index (χ3n) is 3.10. The second-order valence-electron chi connectivity index (χ2n) is 4.74. The molecule has 0 aromatic carbocycles. The van der Waals surface area contributed by atoms with Crippen molar-refractivity contribution < 1.29 is 9.53 Å². The quantitative estimate of drug-likeness (QED) is 0.664. The summed E-state index contributed by atoms with van der Waals surface area (Å²) in [6.07, 6.45) is 5.45. The van der Waals surface area contributed by atoms with Crippen molar-refractivity contribution in [3.8, 4) is 0 Å². The predicted octanol–water partition coefficient (Wildman–Crippen LogP) is 1.45. The molecule has 0 aromatic heterocycles. The van der Waals surface area contributed by atoms with Crippen molar-refractivity contribution in [3.05, 3.63) is 0 Å². The molecule has 4 nitrogen and oxygen atoms in total. The van der Waals surface area contributed by atoms with E-state index < -0.39 is 0 Å². The summed E-state index contributed by atoms with van der Waals surface area (Å²) in [6, 6.07) is 0. The maximum Gasteiger partial charge on any atom is 0.248 e. The van der Waals surface area contributed by atoms with Gasteiger partial charge in [-0.25, -0.2) is 0 Å². The van der Waals surface area contributed by atoms with Crippen LogP contribution in [-0.4, -0.2) is 37.7 Å². The Bertz CT molecular complexity index is 215. The fraction of sp³-hybridized carbons (Fsp3) is 0.923. The number of nitrogens with one attached hydrogen (secondary N) is 2. The van der Waals surface area contributed by atoms with E-state index in [9.17, 15) is 4.79 Å². The molecule has 2 N–H and O–H groups in total. The zero-order valence-electron chi connectivity index (χ0n) is 11.1. The first-order valence-electron chi connectivity index (χ1n) is 6.88. The van der Waals surface area contributed by atoms with Crippen LogP contribution < -0.4 is 10.6 Å². The van der Waals surface area contributed by atoms with Crippen molar-refractivity contribution in [1.29, 1.82) is 0 Å². The van der Waals surface area contributed by atoms with E-state index in [0.717, 1.165) is 38.9 Å². The summed E-state index contributed by atoms with van der Waals surface area (Å²) in [4.78, 5) is 11.7. The molecule has 100 valence electrons. The van der Waals surface area contributed by atoms with Gasteiger partial charge in [0.15, 0.2) is 0 Å². The fourth-order valence-electron chi connectivity index (χ4n) is 2.02. The summed E-state index contributed by atoms with van der Waals surface area (Å²) < 4.78 is 5.74. The molecule has 0 spiro atoms. The van der Waals surface area contributed by atoms with Crippen LogP contribution in [0.2, 0.25) is 0 Å². The number of amides is 1. The number of hydrogen-bond acceptors (Lipinski definition) is 3. The Morgan fingerprint density at radius 2 is 2.35 bits per heavy atom. The molecule has 0 bridgehead atoms. The number of unbranched alkanes of at least 4 members (excludes halogenated alkanes) is 2. The van der Waals surface area contributed by atoms with Crippen LogP contribution in [-0.2, 0) is 9.53 Å². The van der Waals surface area contributed by atoms with Gasteiger partial charge in [0, 0.05) is 13.1 Å². The van der Waals surface area contributed by atoms with Gasteiger partial charge in [0.1, 0.15) is 6.10 Å². The van der Waals surface area contributed by atoms with Gasteiger partial charge in [-0.1, -0.05) is 19.8 Å². The maximum absolute atomic E-state index is 11.7. The summed E-state index contributed by atoms with van der Waals surface area (Å²) in [7, 11) is 0. The molecular weight excluding hydrogens is 216 g/mol. The van der Waals surface area contributed by atoms with Crippen LogP contribution >= 0.6 is 0 Å². The minimum atomic E-state index is -0.332. The van der Waals surface area contributed by atoms with Crippen molar-refractivity contribution in [2.45, 2.75) is 58.2 Å². The number of piperidine rings is 1. The first kappa shape index (κ1) is 14.5. The van der Waals surface area contributed by atoms with E-state index in [1.54, 1.807) is 0 Å². The Hall–Kier alpha value is -0.610.